The summed E-state index contributed by atoms with van der Waals surface area (Å²) in [4.78, 5) is 53.1. The highest BCUT2D eigenvalue weighted by molar-refractivity contribution is 6.66. The summed E-state index contributed by atoms with van der Waals surface area (Å²) < 4.78 is 14.8. The SMILES string of the molecule is CCOC(=O)NC(=O)C(=NNc1cc(Cl)c(C(C)(C)c2noc(-c3ccccc3C)n2)c(Cl)c1)C(=O)NC(=O)OCC. The standard InChI is InChI=1S/C27H28Cl2N6O7/c1-6-40-25(38)30-21(36)20(22(37)31-26(39)41-7-2)34-33-15-12-17(28)19(18(29)13-15)27(4,5)24-32-23(42-35-24)16-11-9-8-10-14(16)3/h8-13,33H,6-7H2,1-5H3,(H,30,36,38)(H,31,37,39). The second-order valence-corrected chi connectivity index (χ2v) is 9.91. The van der Waals surface area contributed by atoms with Gasteiger partial charge >= 0.3 is 12.2 Å². The number of aryl methyl sites for hydroxylation is 1. The molecule has 222 valence electrons. The molecule has 0 bridgehead atoms. The van der Waals surface area contributed by atoms with Crippen molar-refractivity contribution in [2.45, 2.75) is 40.0 Å². The molecule has 0 unspecified atom stereocenters. The van der Waals surface area contributed by atoms with E-state index in [0.717, 1.165) is 11.1 Å². The maximum absolute atomic E-state index is 12.6. The van der Waals surface area contributed by atoms with E-state index in [1.54, 1.807) is 0 Å². The van der Waals surface area contributed by atoms with Gasteiger partial charge in [-0.25, -0.2) is 9.59 Å². The van der Waals surface area contributed by atoms with E-state index < -0.39 is 35.1 Å². The first kappa shape index (κ1) is 32.0. The van der Waals surface area contributed by atoms with Gasteiger partial charge in [-0.2, -0.15) is 10.1 Å². The van der Waals surface area contributed by atoms with Crippen LogP contribution in [0.3, 0.4) is 0 Å². The Balaban J connectivity index is 1.90. The molecule has 0 spiro atoms. The topological polar surface area (TPSA) is 174 Å². The number of nitrogens with one attached hydrogen (secondary N) is 3. The normalized spacial score (nSPS) is 10.8. The number of nitrogens with zero attached hydrogens (tertiary/aromatic N) is 3. The van der Waals surface area contributed by atoms with E-state index in [-0.39, 0.29) is 28.9 Å². The molecule has 0 saturated heterocycles. The summed E-state index contributed by atoms with van der Waals surface area (Å²) in [5.41, 5.74) is 3.08. The lowest BCUT2D eigenvalue weighted by Crippen LogP contribution is -2.46. The molecule has 15 heteroatoms. The number of amides is 4. The van der Waals surface area contributed by atoms with Crippen LogP contribution >= 0.6 is 23.2 Å². The van der Waals surface area contributed by atoms with Gasteiger partial charge in [-0.15, -0.1) is 0 Å². The zero-order chi connectivity index (χ0) is 31.0. The number of hydrazone groups is 1. The molecule has 0 aliphatic rings. The predicted octanol–water partition coefficient (Wildman–Crippen LogP) is 4.99. The lowest BCUT2D eigenvalue weighted by Gasteiger charge is -2.24. The average Bonchev–Trinajstić information content (AvgIpc) is 3.40. The number of imide groups is 2. The summed E-state index contributed by atoms with van der Waals surface area (Å²) in [5.74, 6) is -1.83. The van der Waals surface area contributed by atoms with Crippen molar-refractivity contribution in [1.29, 1.82) is 0 Å². The number of ether oxygens (including phenoxy) is 2. The van der Waals surface area contributed by atoms with E-state index in [2.05, 4.69) is 30.1 Å². The molecule has 13 nitrogen and oxygen atoms in total. The Hall–Kier alpha value is -4.49. The molecule has 4 amide bonds. The average molecular weight is 619 g/mol. The van der Waals surface area contributed by atoms with Gasteiger partial charge in [-0.1, -0.05) is 46.6 Å². The zero-order valence-electron chi connectivity index (χ0n) is 23.3. The molecule has 0 atom stereocenters. The minimum Gasteiger partial charge on any atom is -0.450 e. The quantitative estimate of drug-likeness (QED) is 0.168. The van der Waals surface area contributed by atoms with Crippen LogP contribution in [0.2, 0.25) is 10.0 Å². The van der Waals surface area contributed by atoms with Gasteiger partial charge in [0.25, 0.3) is 17.7 Å². The van der Waals surface area contributed by atoms with Crippen LogP contribution in [0.1, 0.15) is 44.6 Å². The Labute approximate surface area is 250 Å². The summed E-state index contributed by atoms with van der Waals surface area (Å²) in [6.45, 7) is 8.54. The van der Waals surface area contributed by atoms with E-state index in [1.165, 1.54) is 26.0 Å². The Kier molecular flexibility index (Phi) is 10.6. The molecule has 0 aliphatic carbocycles. The van der Waals surface area contributed by atoms with Gasteiger partial charge in [0.05, 0.1) is 24.3 Å². The van der Waals surface area contributed by atoms with Crippen LogP contribution in [-0.2, 0) is 24.5 Å². The number of carbonyl (C=O) groups is 4. The molecular weight excluding hydrogens is 591 g/mol. The number of hydrogen-bond acceptors (Lipinski definition) is 11. The van der Waals surface area contributed by atoms with Crippen LogP contribution in [0.25, 0.3) is 11.5 Å². The van der Waals surface area contributed by atoms with E-state index in [1.807, 2.05) is 55.7 Å². The maximum Gasteiger partial charge on any atom is 0.414 e. The molecule has 0 aliphatic heterocycles. The lowest BCUT2D eigenvalue weighted by molar-refractivity contribution is -0.118. The third-order valence-electron chi connectivity index (χ3n) is 5.74. The van der Waals surface area contributed by atoms with Crippen molar-refractivity contribution in [3.05, 3.63) is 63.4 Å². The second-order valence-electron chi connectivity index (χ2n) is 9.10. The molecular formula is C27H28Cl2N6O7. The van der Waals surface area contributed by atoms with Crippen LogP contribution in [-0.4, -0.2) is 53.1 Å². The largest absolute Gasteiger partial charge is 0.450 e. The fourth-order valence-corrected chi connectivity index (χ4v) is 4.67. The second kappa shape index (κ2) is 13.9. The Bertz CT molecular complexity index is 1480. The number of anilines is 1. The third kappa shape index (κ3) is 7.62. The number of alkyl carbamates (subject to hydrolysis) is 2. The number of rotatable bonds is 9. The zero-order valence-corrected chi connectivity index (χ0v) is 24.8. The summed E-state index contributed by atoms with van der Waals surface area (Å²) in [6.07, 6.45) is -2.24. The van der Waals surface area contributed by atoms with Gasteiger partial charge in [0.1, 0.15) is 0 Å². The van der Waals surface area contributed by atoms with Crippen LogP contribution in [0, 0.1) is 6.92 Å². The summed E-state index contributed by atoms with van der Waals surface area (Å²) in [6, 6.07) is 10.5. The van der Waals surface area contributed by atoms with E-state index >= 15 is 0 Å². The van der Waals surface area contributed by atoms with Crippen molar-refractivity contribution >= 4 is 58.6 Å². The van der Waals surface area contributed by atoms with Crippen molar-refractivity contribution in [2.75, 3.05) is 18.6 Å². The van der Waals surface area contributed by atoms with Gasteiger partial charge in [-0.05, 0) is 58.4 Å². The molecule has 3 aromatic rings. The fourth-order valence-electron chi connectivity index (χ4n) is 3.71. The highest BCUT2D eigenvalue weighted by atomic mass is 35.5. The fraction of sp³-hybridized carbons (Fsp3) is 0.296. The number of aromatic nitrogens is 2. The summed E-state index contributed by atoms with van der Waals surface area (Å²) in [5, 5.41) is 11.9. The Morgan fingerprint density at radius 2 is 1.50 bits per heavy atom. The third-order valence-corrected chi connectivity index (χ3v) is 6.33. The van der Waals surface area contributed by atoms with Crippen molar-refractivity contribution in [1.82, 2.24) is 20.8 Å². The molecule has 1 aromatic heterocycles. The Morgan fingerprint density at radius 1 is 0.952 bits per heavy atom. The molecule has 0 fully saturated rings. The molecule has 3 N–H and O–H groups in total. The first-order valence-corrected chi connectivity index (χ1v) is 13.3. The van der Waals surface area contributed by atoms with Crippen LogP contribution < -0.4 is 16.1 Å². The monoisotopic (exact) mass is 618 g/mol. The molecule has 42 heavy (non-hydrogen) atoms. The number of halogens is 2. The van der Waals surface area contributed by atoms with E-state index in [0.29, 0.717) is 17.3 Å². The van der Waals surface area contributed by atoms with E-state index in [9.17, 15) is 19.2 Å². The summed E-state index contributed by atoms with van der Waals surface area (Å²) >= 11 is 13.3. The number of carbonyl (C=O) groups excluding carboxylic acids is 4. The van der Waals surface area contributed by atoms with Crippen LogP contribution in [0.5, 0.6) is 0 Å². The lowest BCUT2D eigenvalue weighted by atomic mass is 9.83. The highest BCUT2D eigenvalue weighted by Crippen LogP contribution is 2.41. The van der Waals surface area contributed by atoms with Crippen molar-refractivity contribution in [3.63, 3.8) is 0 Å². The predicted molar refractivity (Wildman–Crippen MR) is 154 cm³/mol. The molecule has 1 heterocycles. The van der Waals surface area contributed by atoms with Gasteiger partial charge in [0.15, 0.2) is 5.82 Å². The molecule has 0 saturated carbocycles. The van der Waals surface area contributed by atoms with Crippen molar-refractivity contribution in [3.8, 4) is 11.5 Å². The minimum atomic E-state index is -1.25. The van der Waals surface area contributed by atoms with Crippen LogP contribution in [0.4, 0.5) is 15.3 Å². The first-order chi connectivity index (χ1) is 19.9. The smallest absolute Gasteiger partial charge is 0.414 e. The van der Waals surface area contributed by atoms with Crippen molar-refractivity contribution < 1.29 is 33.2 Å². The van der Waals surface area contributed by atoms with E-state index in [4.69, 9.17) is 27.7 Å². The van der Waals surface area contributed by atoms with Gasteiger partial charge in [0, 0.05) is 21.2 Å². The van der Waals surface area contributed by atoms with Gasteiger partial charge < -0.3 is 14.0 Å². The van der Waals surface area contributed by atoms with Crippen molar-refractivity contribution in [2.24, 2.45) is 5.10 Å². The van der Waals surface area contributed by atoms with Gasteiger partial charge in [-0.3, -0.25) is 25.6 Å². The minimum absolute atomic E-state index is 0.0321. The summed E-state index contributed by atoms with van der Waals surface area (Å²) in [7, 11) is 0. The number of hydrogen-bond donors (Lipinski definition) is 3. The molecule has 0 radical (unpaired) electrons. The molecule has 2 aromatic carbocycles. The first-order valence-electron chi connectivity index (χ1n) is 12.6. The van der Waals surface area contributed by atoms with Crippen LogP contribution in [0.15, 0.2) is 46.0 Å². The maximum atomic E-state index is 12.6. The highest BCUT2D eigenvalue weighted by Gasteiger charge is 2.34. The van der Waals surface area contributed by atoms with Gasteiger partial charge in [0.2, 0.25) is 5.71 Å². The number of benzene rings is 2. The Morgan fingerprint density at radius 3 is 2.02 bits per heavy atom. The molecule has 3 rings (SSSR count).